The van der Waals surface area contributed by atoms with Crippen molar-refractivity contribution in [3.63, 3.8) is 0 Å². The van der Waals surface area contributed by atoms with E-state index in [1.54, 1.807) is 0 Å². The Labute approximate surface area is 163 Å². The van der Waals surface area contributed by atoms with Crippen molar-refractivity contribution in [3.05, 3.63) is 29.6 Å². The van der Waals surface area contributed by atoms with Gasteiger partial charge in [0.25, 0.3) is 5.91 Å². The summed E-state index contributed by atoms with van der Waals surface area (Å²) in [5.74, 6) is -4.72. The second-order valence-corrected chi connectivity index (χ2v) is 9.92. The highest BCUT2D eigenvalue weighted by Crippen LogP contribution is 2.64. The van der Waals surface area contributed by atoms with E-state index in [1.165, 1.54) is 0 Å². The SMILES string of the molecule is O=C(COC(=O)C12C[C@@H]3C[C@@H](CC(Br)(C3)C1)C2)Nc1ccc(F)c(F)c1F. The molecule has 27 heavy (non-hydrogen) atoms. The molecule has 1 aromatic carbocycles. The Bertz CT molecular complexity index is 802. The summed E-state index contributed by atoms with van der Waals surface area (Å²) in [5, 5.41) is 2.11. The van der Waals surface area contributed by atoms with Crippen LogP contribution in [0.5, 0.6) is 0 Å². The average molecular weight is 446 g/mol. The number of carbonyl (C=O) groups excluding carboxylic acids is 2. The Morgan fingerprint density at radius 3 is 2.41 bits per heavy atom. The number of hydrogen-bond donors (Lipinski definition) is 1. The molecule has 4 aliphatic carbocycles. The van der Waals surface area contributed by atoms with Crippen LogP contribution in [-0.4, -0.2) is 22.8 Å². The van der Waals surface area contributed by atoms with Crippen molar-refractivity contribution in [3.8, 4) is 0 Å². The van der Waals surface area contributed by atoms with Gasteiger partial charge in [-0.1, -0.05) is 15.9 Å². The Kier molecular flexibility index (Phi) is 4.52. The number of nitrogens with one attached hydrogen (secondary N) is 1. The number of benzene rings is 1. The van der Waals surface area contributed by atoms with Gasteiger partial charge in [-0.15, -0.1) is 0 Å². The third kappa shape index (κ3) is 3.37. The topological polar surface area (TPSA) is 55.4 Å². The van der Waals surface area contributed by atoms with E-state index in [9.17, 15) is 22.8 Å². The van der Waals surface area contributed by atoms with Crippen LogP contribution in [0.15, 0.2) is 12.1 Å². The summed E-state index contributed by atoms with van der Waals surface area (Å²) in [4.78, 5) is 24.7. The molecule has 4 aliphatic rings. The zero-order valence-electron chi connectivity index (χ0n) is 14.5. The lowest BCUT2D eigenvalue weighted by atomic mass is 9.49. The molecule has 1 N–H and O–H groups in total. The standard InChI is InChI=1S/C19H19BrF3NO3/c20-19-6-10-3-11(7-19)5-18(4-10,9-19)17(26)27-8-14(25)24-13-2-1-12(21)15(22)16(13)23/h1-2,10-11H,3-9H2,(H,24,25)/t10-,11+,18?,19?. The van der Waals surface area contributed by atoms with Crippen LogP contribution >= 0.6 is 15.9 Å². The highest BCUT2D eigenvalue weighted by Gasteiger charge is 2.60. The molecule has 4 saturated carbocycles. The molecule has 4 atom stereocenters. The number of amides is 1. The van der Waals surface area contributed by atoms with Gasteiger partial charge < -0.3 is 10.1 Å². The molecule has 1 aromatic rings. The molecule has 1 amide bonds. The lowest BCUT2D eigenvalue weighted by Gasteiger charge is -2.58. The molecule has 0 aromatic heterocycles. The zero-order chi connectivity index (χ0) is 19.4. The smallest absolute Gasteiger partial charge is 0.312 e. The van der Waals surface area contributed by atoms with E-state index in [4.69, 9.17) is 4.74 Å². The molecule has 4 nitrogen and oxygen atoms in total. The van der Waals surface area contributed by atoms with Crippen molar-refractivity contribution < 1.29 is 27.5 Å². The van der Waals surface area contributed by atoms with Gasteiger partial charge in [0.1, 0.15) is 0 Å². The van der Waals surface area contributed by atoms with E-state index in [0.717, 1.165) is 38.2 Å². The molecule has 2 unspecified atom stereocenters. The van der Waals surface area contributed by atoms with Gasteiger partial charge in [-0.2, -0.15) is 0 Å². The van der Waals surface area contributed by atoms with Gasteiger partial charge in [0.2, 0.25) is 0 Å². The highest BCUT2D eigenvalue weighted by atomic mass is 79.9. The maximum Gasteiger partial charge on any atom is 0.312 e. The number of ether oxygens (including phenoxy) is 1. The first-order valence-corrected chi connectivity index (χ1v) is 9.79. The first-order valence-electron chi connectivity index (χ1n) is 8.99. The largest absolute Gasteiger partial charge is 0.455 e. The van der Waals surface area contributed by atoms with Crippen LogP contribution in [0.1, 0.15) is 38.5 Å². The van der Waals surface area contributed by atoms with Crippen LogP contribution in [0.3, 0.4) is 0 Å². The van der Waals surface area contributed by atoms with E-state index in [-0.39, 0.29) is 4.32 Å². The summed E-state index contributed by atoms with van der Waals surface area (Å²) in [6.07, 6.45) is 5.51. The average Bonchev–Trinajstić information content (AvgIpc) is 2.58. The molecule has 5 rings (SSSR count). The molecular weight excluding hydrogens is 427 g/mol. The Balaban J connectivity index is 1.38. The van der Waals surface area contributed by atoms with Crippen LogP contribution in [0.2, 0.25) is 0 Å². The maximum atomic E-state index is 13.6. The lowest BCUT2D eigenvalue weighted by Crippen LogP contribution is -2.56. The Hall–Kier alpha value is -1.57. The van der Waals surface area contributed by atoms with Crippen LogP contribution in [0.4, 0.5) is 18.9 Å². The molecule has 0 heterocycles. The minimum Gasteiger partial charge on any atom is -0.455 e. The highest BCUT2D eigenvalue weighted by molar-refractivity contribution is 9.10. The minimum atomic E-state index is -1.67. The molecule has 146 valence electrons. The van der Waals surface area contributed by atoms with E-state index in [1.807, 2.05) is 0 Å². The number of carbonyl (C=O) groups is 2. The number of hydrogen-bond acceptors (Lipinski definition) is 3. The summed E-state index contributed by atoms with van der Waals surface area (Å²) in [5.41, 5.74) is -1.06. The van der Waals surface area contributed by atoms with Crippen molar-refractivity contribution in [2.45, 2.75) is 42.8 Å². The second kappa shape index (κ2) is 6.50. The van der Waals surface area contributed by atoms with Gasteiger partial charge in [-0.25, -0.2) is 13.2 Å². The van der Waals surface area contributed by atoms with Crippen molar-refractivity contribution in [2.75, 3.05) is 11.9 Å². The molecule has 4 fully saturated rings. The molecule has 0 spiro atoms. The fourth-order valence-electron chi connectivity index (χ4n) is 5.48. The normalized spacial score (nSPS) is 33.8. The fraction of sp³-hybridized carbons (Fsp3) is 0.579. The predicted molar refractivity (Wildman–Crippen MR) is 94.7 cm³/mol. The molecule has 8 heteroatoms. The number of anilines is 1. The molecule has 0 saturated heterocycles. The minimum absolute atomic E-state index is 0.0207. The van der Waals surface area contributed by atoms with Crippen molar-refractivity contribution in [1.29, 1.82) is 0 Å². The summed E-state index contributed by atoms with van der Waals surface area (Å²) < 4.78 is 45.0. The molecule has 0 radical (unpaired) electrons. The van der Waals surface area contributed by atoms with Crippen molar-refractivity contribution in [1.82, 2.24) is 0 Å². The predicted octanol–water partition coefficient (Wildman–Crippen LogP) is 4.32. The van der Waals surface area contributed by atoms with E-state index >= 15 is 0 Å². The van der Waals surface area contributed by atoms with Gasteiger partial charge in [-0.3, -0.25) is 9.59 Å². The monoisotopic (exact) mass is 445 g/mol. The lowest BCUT2D eigenvalue weighted by molar-refractivity contribution is -0.170. The van der Waals surface area contributed by atoms with Crippen LogP contribution < -0.4 is 5.32 Å². The van der Waals surface area contributed by atoms with Gasteiger partial charge in [0.15, 0.2) is 24.1 Å². The first kappa shape index (κ1) is 18.8. The van der Waals surface area contributed by atoms with E-state index in [0.29, 0.717) is 24.3 Å². The Morgan fingerprint density at radius 1 is 1.11 bits per heavy atom. The third-order valence-corrected chi connectivity index (χ3v) is 6.99. The van der Waals surface area contributed by atoms with E-state index < -0.39 is 47.0 Å². The second-order valence-electron chi connectivity index (χ2n) is 8.24. The number of alkyl halides is 1. The van der Waals surface area contributed by atoms with E-state index in [2.05, 4.69) is 21.2 Å². The van der Waals surface area contributed by atoms with Crippen molar-refractivity contribution in [2.24, 2.45) is 17.3 Å². The maximum absolute atomic E-state index is 13.6. The molecular formula is C19H19BrF3NO3. The third-order valence-electron chi connectivity index (χ3n) is 6.07. The summed E-state index contributed by atoms with van der Waals surface area (Å²) in [6.45, 7) is -0.594. The quantitative estimate of drug-likeness (QED) is 0.426. The summed E-state index contributed by atoms with van der Waals surface area (Å²) >= 11 is 3.81. The van der Waals surface area contributed by atoms with Gasteiger partial charge in [0.05, 0.1) is 11.1 Å². The van der Waals surface area contributed by atoms with Crippen LogP contribution in [0, 0.1) is 34.7 Å². The summed E-state index contributed by atoms with van der Waals surface area (Å²) in [6, 6.07) is 1.63. The first-order chi connectivity index (χ1) is 12.7. The number of halogens is 4. The van der Waals surface area contributed by atoms with Crippen LogP contribution in [0.25, 0.3) is 0 Å². The fourth-order valence-corrected chi connectivity index (χ4v) is 6.93. The summed E-state index contributed by atoms with van der Waals surface area (Å²) in [7, 11) is 0. The van der Waals surface area contributed by atoms with Crippen molar-refractivity contribution >= 4 is 33.5 Å². The van der Waals surface area contributed by atoms with Gasteiger partial charge in [0, 0.05) is 4.32 Å². The zero-order valence-corrected chi connectivity index (χ0v) is 16.1. The molecule has 0 aliphatic heterocycles. The van der Waals surface area contributed by atoms with Gasteiger partial charge in [-0.05, 0) is 62.5 Å². The number of rotatable bonds is 4. The number of esters is 1. The Morgan fingerprint density at radius 2 is 1.78 bits per heavy atom. The van der Waals surface area contributed by atoms with Crippen LogP contribution in [-0.2, 0) is 14.3 Å². The molecule has 4 bridgehead atoms. The van der Waals surface area contributed by atoms with Gasteiger partial charge >= 0.3 is 5.97 Å².